The molecule has 32 heavy (non-hydrogen) atoms. The molecule has 0 saturated carbocycles. The predicted molar refractivity (Wildman–Crippen MR) is 123 cm³/mol. The Morgan fingerprint density at radius 2 is 1.41 bits per heavy atom. The second-order valence-corrected chi connectivity index (χ2v) is 8.22. The van der Waals surface area contributed by atoms with Gasteiger partial charge in [0.05, 0.1) is 26.9 Å². The standard InChI is InChI=1S/C22H10Cl4N2O4/c23-11-5-7-13(16(25)9-11)20(29)28-18-4-2-1-3-15(18)19(21(28)30)27-32-22(31)14-8-6-12(24)10-17(14)26/h1-10H/b27-19+. The van der Waals surface area contributed by atoms with Crippen LogP contribution < -0.4 is 4.90 Å². The Morgan fingerprint density at radius 3 is 2.03 bits per heavy atom. The Labute approximate surface area is 201 Å². The summed E-state index contributed by atoms with van der Waals surface area (Å²) in [4.78, 5) is 44.5. The Balaban J connectivity index is 1.68. The minimum absolute atomic E-state index is 0.0139. The number of anilines is 1. The maximum absolute atomic E-state index is 13.1. The van der Waals surface area contributed by atoms with Crippen LogP contribution in [0.1, 0.15) is 26.3 Å². The average molecular weight is 508 g/mol. The van der Waals surface area contributed by atoms with E-state index >= 15 is 0 Å². The molecule has 0 aromatic heterocycles. The van der Waals surface area contributed by atoms with E-state index in [4.69, 9.17) is 51.2 Å². The van der Waals surface area contributed by atoms with E-state index < -0.39 is 17.8 Å². The second kappa shape index (κ2) is 8.92. The first-order valence-electron chi connectivity index (χ1n) is 8.95. The number of amides is 2. The van der Waals surface area contributed by atoms with Crippen LogP contribution in [0, 0.1) is 0 Å². The number of benzene rings is 3. The van der Waals surface area contributed by atoms with Gasteiger partial charge in [-0.1, -0.05) is 69.8 Å². The molecule has 3 aromatic rings. The van der Waals surface area contributed by atoms with Crippen molar-refractivity contribution in [1.82, 2.24) is 0 Å². The van der Waals surface area contributed by atoms with Crippen LogP contribution in [-0.2, 0) is 9.63 Å². The van der Waals surface area contributed by atoms with E-state index in [1.54, 1.807) is 24.3 Å². The van der Waals surface area contributed by atoms with Crippen LogP contribution in [-0.4, -0.2) is 23.5 Å². The Kier molecular flexibility index (Phi) is 6.22. The molecular weight excluding hydrogens is 498 g/mol. The van der Waals surface area contributed by atoms with Crippen LogP contribution in [0.15, 0.2) is 65.8 Å². The zero-order valence-corrected chi connectivity index (χ0v) is 18.8. The van der Waals surface area contributed by atoms with Crippen molar-refractivity contribution in [3.05, 3.63) is 97.4 Å². The van der Waals surface area contributed by atoms with Crippen molar-refractivity contribution < 1.29 is 19.2 Å². The summed E-state index contributed by atoms with van der Waals surface area (Å²) in [5.41, 5.74) is 0.446. The van der Waals surface area contributed by atoms with Crippen LogP contribution in [0.25, 0.3) is 0 Å². The maximum atomic E-state index is 13.1. The minimum Gasteiger partial charge on any atom is -0.312 e. The number of rotatable bonds is 3. The molecule has 0 spiro atoms. The third-order valence-electron chi connectivity index (χ3n) is 4.54. The van der Waals surface area contributed by atoms with Crippen LogP contribution in [0.2, 0.25) is 20.1 Å². The van der Waals surface area contributed by atoms with Gasteiger partial charge < -0.3 is 4.84 Å². The molecule has 1 aliphatic rings. The lowest BCUT2D eigenvalue weighted by atomic mass is 10.1. The summed E-state index contributed by atoms with van der Waals surface area (Å²) in [7, 11) is 0. The number of carbonyl (C=O) groups excluding carboxylic acids is 3. The van der Waals surface area contributed by atoms with Crippen LogP contribution in [0.3, 0.4) is 0 Å². The van der Waals surface area contributed by atoms with E-state index in [1.165, 1.54) is 36.4 Å². The number of hydrogen-bond donors (Lipinski definition) is 0. The number of carbonyl (C=O) groups is 3. The van der Waals surface area contributed by atoms with E-state index in [0.29, 0.717) is 15.6 Å². The molecule has 0 unspecified atom stereocenters. The van der Waals surface area contributed by atoms with Crippen LogP contribution in [0.4, 0.5) is 5.69 Å². The van der Waals surface area contributed by atoms with E-state index in [0.717, 1.165) is 4.90 Å². The third-order valence-corrected chi connectivity index (χ3v) is 5.64. The SMILES string of the molecule is O=C(O/N=C1/C(=O)N(C(=O)c2ccc(Cl)cc2Cl)c2ccccc21)c1ccc(Cl)cc1Cl. The lowest BCUT2D eigenvalue weighted by Gasteiger charge is -2.15. The quantitative estimate of drug-likeness (QED) is 0.245. The predicted octanol–water partition coefficient (Wildman–Crippen LogP) is 6.05. The van der Waals surface area contributed by atoms with Gasteiger partial charge in [-0.05, 0) is 42.5 Å². The van der Waals surface area contributed by atoms with Crippen molar-refractivity contribution in [1.29, 1.82) is 0 Å². The fourth-order valence-corrected chi connectivity index (χ4v) is 4.04. The highest BCUT2D eigenvalue weighted by molar-refractivity contribution is 6.59. The summed E-state index contributed by atoms with van der Waals surface area (Å²) in [6.07, 6.45) is 0. The number of imide groups is 1. The summed E-state index contributed by atoms with van der Waals surface area (Å²) in [5, 5.41) is 4.56. The molecule has 0 aliphatic carbocycles. The smallest absolute Gasteiger partial charge is 0.312 e. The zero-order valence-electron chi connectivity index (χ0n) is 15.8. The number of fused-ring (bicyclic) bond motifs is 1. The lowest BCUT2D eigenvalue weighted by Crippen LogP contribution is -2.36. The summed E-state index contributed by atoms with van der Waals surface area (Å²) >= 11 is 23.9. The molecule has 3 aromatic carbocycles. The normalized spacial score (nSPS) is 13.9. The first-order chi connectivity index (χ1) is 15.3. The number of hydrogen-bond acceptors (Lipinski definition) is 5. The van der Waals surface area contributed by atoms with Gasteiger partial charge in [0.25, 0.3) is 11.8 Å². The van der Waals surface area contributed by atoms with Gasteiger partial charge in [-0.3, -0.25) is 9.59 Å². The van der Waals surface area contributed by atoms with E-state index in [9.17, 15) is 14.4 Å². The number of para-hydroxylation sites is 1. The molecule has 4 rings (SSSR count). The molecule has 0 atom stereocenters. The van der Waals surface area contributed by atoms with Crippen LogP contribution >= 0.6 is 46.4 Å². The summed E-state index contributed by atoms with van der Waals surface area (Å²) in [6.45, 7) is 0. The fraction of sp³-hybridized carbons (Fsp3) is 0. The summed E-state index contributed by atoms with van der Waals surface area (Å²) < 4.78 is 0. The zero-order chi connectivity index (χ0) is 23.0. The fourth-order valence-electron chi connectivity index (χ4n) is 3.06. The topological polar surface area (TPSA) is 76.0 Å². The molecule has 0 radical (unpaired) electrons. The largest absolute Gasteiger partial charge is 0.367 e. The van der Waals surface area contributed by atoms with Gasteiger partial charge in [-0.2, -0.15) is 0 Å². The van der Waals surface area contributed by atoms with E-state index in [2.05, 4.69) is 5.16 Å². The van der Waals surface area contributed by atoms with Gasteiger partial charge >= 0.3 is 5.97 Å². The number of halogens is 4. The highest BCUT2D eigenvalue weighted by Crippen LogP contribution is 2.33. The van der Waals surface area contributed by atoms with Crippen molar-refractivity contribution in [2.45, 2.75) is 0 Å². The molecule has 160 valence electrons. The maximum Gasteiger partial charge on any atom is 0.367 e. The molecule has 0 fully saturated rings. The molecular formula is C22H10Cl4N2O4. The van der Waals surface area contributed by atoms with Gasteiger partial charge in [0.15, 0.2) is 5.71 Å². The number of oxime groups is 1. The average Bonchev–Trinajstić information content (AvgIpc) is 3.02. The molecule has 0 saturated heterocycles. The molecule has 1 heterocycles. The van der Waals surface area contributed by atoms with Gasteiger partial charge in [0, 0.05) is 15.6 Å². The van der Waals surface area contributed by atoms with Crippen LogP contribution in [0.5, 0.6) is 0 Å². The highest BCUT2D eigenvalue weighted by atomic mass is 35.5. The van der Waals surface area contributed by atoms with E-state index in [-0.39, 0.29) is 32.6 Å². The Bertz CT molecular complexity index is 1320. The monoisotopic (exact) mass is 506 g/mol. The van der Waals surface area contributed by atoms with Gasteiger partial charge in [-0.15, -0.1) is 0 Å². The van der Waals surface area contributed by atoms with Crippen molar-refractivity contribution in [2.24, 2.45) is 5.16 Å². The second-order valence-electron chi connectivity index (χ2n) is 6.53. The lowest BCUT2D eigenvalue weighted by molar-refractivity contribution is -0.111. The summed E-state index contributed by atoms with van der Waals surface area (Å²) in [5.74, 6) is -2.35. The molecule has 10 heteroatoms. The van der Waals surface area contributed by atoms with E-state index in [1.807, 2.05) is 0 Å². The molecule has 0 N–H and O–H groups in total. The first-order valence-corrected chi connectivity index (χ1v) is 10.5. The summed E-state index contributed by atoms with van der Waals surface area (Å²) in [6, 6.07) is 15.0. The van der Waals surface area contributed by atoms with Gasteiger partial charge in [0.2, 0.25) is 0 Å². The van der Waals surface area contributed by atoms with Gasteiger partial charge in [-0.25, -0.2) is 9.69 Å². The first kappa shape index (κ1) is 22.3. The minimum atomic E-state index is -0.894. The Morgan fingerprint density at radius 1 is 0.812 bits per heavy atom. The molecule has 0 bridgehead atoms. The molecule has 1 aliphatic heterocycles. The highest BCUT2D eigenvalue weighted by Gasteiger charge is 2.39. The van der Waals surface area contributed by atoms with Gasteiger partial charge in [0.1, 0.15) is 0 Å². The molecule has 2 amide bonds. The molecule has 6 nitrogen and oxygen atoms in total. The third kappa shape index (κ3) is 4.10. The van der Waals surface area contributed by atoms with Crippen molar-refractivity contribution in [3.8, 4) is 0 Å². The van der Waals surface area contributed by atoms with Crippen molar-refractivity contribution >= 4 is 75.6 Å². The van der Waals surface area contributed by atoms with Crippen molar-refractivity contribution in [2.75, 3.05) is 4.90 Å². The Hall–Kier alpha value is -2.90. The number of nitrogens with zero attached hydrogens (tertiary/aromatic N) is 2. The van der Waals surface area contributed by atoms with Crippen molar-refractivity contribution in [3.63, 3.8) is 0 Å².